The van der Waals surface area contributed by atoms with E-state index >= 15 is 0 Å². The average molecular weight is 257 g/mol. The number of unbranched alkanes of at least 4 members (excludes halogenated alkanes) is 3. The molecule has 0 saturated carbocycles. The van der Waals surface area contributed by atoms with Gasteiger partial charge in [0.1, 0.15) is 5.75 Å². The second-order valence-electron chi connectivity index (χ2n) is 4.36. The van der Waals surface area contributed by atoms with Gasteiger partial charge >= 0.3 is 0 Å². The molecule has 0 saturated heterocycles. The summed E-state index contributed by atoms with van der Waals surface area (Å²) in [5.74, 6) is 2.29. The second-order valence-corrected chi connectivity index (χ2v) is 4.36. The van der Waals surface area contributed by atoms with E-state index in [1.165, 1.54) is 0 Å². The molecule has 0 heterocycles. The van der Waals surface area contributed by atoms with Gasteiger partial charge in [0.15, 0.2) is 0 Å². The molecule has 0 aliphatic carbocycles. The first-order valence-corrected chi connectivity index (χ1v) is 6.37. The monoisotopic (exact) mass is 257 g/mol. The highest BCUT2D eigenvalue weighted by molar-refractivity contribution is 5.96. The summed E-state index contributed by atoms with van der Waals surface area (Å²) >= 11 is 0. The Morgan fingerprint density at radius 1 is 1.32 bits per heavy atom. The molecule has 3 nitrogen and oxygen atoms in total. The Morgan fingerprint density at radius 2 is 2.05 bits per heavy atom. The lowest BCUT2D eigenvalue weighted by Gasteiger charge is -2.05. The van der Waals surface area contributed by atoms with E-state index in [-0.39, 0.29) is 5.75 Å². The van der Waals surface area contributed by atoms with E-state index in [0.29, 0.717) is 17.6 Å². The van der Waals surface area contributed by atoms with Crippen LogP contribution in [0.15, 0.2) is 29.8 Å². The van der Waals surface area contributed by atoms with Gasteiger partial charge in [-0.3, -0.25) is 4.79 Å². The van der Waals surface area contributed by atoms with Gasteiger partial charge in [-0.15, -0.1) is 12.3 Å². The fourth-order valence-electron chi connectivity index (χ4n) is 1.78. The predicted molar refractivity (Wildman–Crippen MR) is 77.2 cm³/mol. The number of para-hydroxylation sites is 1. The normalized spacial score (nSPS) is 11.0. The van der Waals surface area contributed by atoms with Crippen LogP contribution in [-0.2, 0) is 4.79 Å². The molecule has 19 heavy (non-hydrogen) atoms. The minimum Gasteiger partial charge on any atom is -0.507 e. The van der Waals surface area contributed by atoms with Gasteiger partial charge in [0.25, 0.3) is 0 Å². The fourth-order valence-corrected chi connectivity index (χ4v) is 1.78. The van der Waals surface area contributed by atoms with E-state index in [0.717, 1.165) is 25.7 Å². The summed E-state index contributed by atoms with van der Waals surface area (Å²) in [4.78, 5) is 11.4. The molecule has 0 atom stereocenters. The molecule has 100 valence electrons. The van der Waals surface area contributed by atoms with Crippen LogP contribution in [0.5, 0.6) is 5.75 Å². The van der Waals surface area contributed by atoms with Crippen molar-refractivity contribution in [1.29, 1.82) is 0 Å². The number of terminal acetylenes is 1. The van der Waals surface area contributed by atoms with Crippen molar-refractivity contribution in [3.8, 4) is 18.1 Å². The topological polar surface area (TPSA) is 63.3 Å². The fraction of sp³-hybridized carbons (Fsp3) is 0.312. The molecule has 0 bridgehead atoms. The molecule has 1 aromatic carbocycles. The van der Waals surface area contributed by atoms with Crippen molar-refractivity contribution >= 4 is 12.0 Å². The maximum Gasteiger partial charge on any atom is 0.244 e. The van der Waals surface area contributed by atoms with E-state index in [4.69, 9.17) is 12.2 Å². The SMILES string of the molecule is C#CCCCCCC(=Cc1ccccc1O)C(N)=O. The Kier molecular flexibility index (Phi) is 6.25. The van der Waals surface area contributed by atoms with Gasteiger partial charge in [-0.2, -0.15) is 0 Å². The number of hydrogen-bond donors (Lipinski definition) is 2. The number of hydrogen-bond acceptors (Lipinski definition) is 2. The smallest absolute Gasteiger partial charge is 0.244 e. The molecule has 1 aromatic rings. The second kappa shape index (κ2) is 7.99. The third-order valence-electron chi connectivity index (χ3n) is 2.85. The number of aromatic hydroxyl groups is 1. The van der Waals surface area contributed by atoms with Gasteiger partial charge < -0.3 is 10.8 Å². The zero-order chi connectivity index (χ0) is 14.1. The van der Waals surface area contributed by atoms with Crippen molar-refractivity contribution in [2.45, 2.75) is 32.1 Å². The molecule has 3 N–H and O–H groups in total. The van der Waals surface area contributed by atoms with E-state index in [1.54, 1.807) is 30.3 Å². The van der Waals surface area contributed by atoms with Gasteiger partial charge in [0.05, 0.1) is 0 Å². The lowest BCUT2D eigenvalue weighted by atomic mass is 10.0. The summed E-state index contributed by atoms with van der Waals surface area (Å²) in [6.07, 6.45) is 11.0. The van der Waals surface area contributed by atoms with Crippen molar-refractivity contribution in [2.24, 2.45) is 5.73 Å². The first-order chi connectivity index (χ1) is 9.15. The Morgan fingerprint density at radius 3 is 2.68 bits per heavy atom. The summed E-state index contributed by atoms with van der Waals surface area (Å²) in [5.41, 5.74) is 6.50. The van der Waals surface area contributed by atoms with Crippen LogP contribution in [0.4, 0.5) is 0 Å². The predicted octanol–water partition coefficient (Wildman–Crippen LogP) is 2.84. The quantitative estimate of drug-likeness (QED) is 0.448. The first kappa shape index (κ1) is 14.8. The number of carbonyl (C=O) groups is 1. The van der Waals surface area contributed by atoms with Gasteiger partial charge in [0.2, 0.25) is 5.91 Å². The number of carbonyl (C=O) groups excluding carboxylic acids is 1. The lowest BCUT2D eigenvalue weighted by Crippen LogP contribution is -2.13. The van der Waals surface area contributed by atoms with Crippen LogP contribution in [0.1, 0.15) is 37.7 Å². The standard InChI is InChI=1S/C16H19NO2/c1-2-3-4-5-6-10-14(16(17)19)12-13-9-7-8-11-15(13)18/h1,7-9,11-12,18H,3-6,10H2,(H2,17,19). The molecule has 3 heteroatoms. The molecule has 0 radical (unpaired) electrons. The van der Waals surface area contributed by atoms with Gasteiger partial charge in [-0.05, 0) is 31.4 Å². The molecule has 1 rings (SSSR count). The molecule has 1 amide bonds. The molecule has 0 unspecified atom stereocenters. The molecule has 0 fully saturated rings. The van der Waals surface area contributed by atoms with Crippen molar-refractivity contribution in [3.05, 3.63) is 35.4 Å². The Hall–Kier alpha value is -2.21. The molecule has 0 aliphatic rings. The number of phenolic OH excluding ortho intramolecular Hbond substituents is 1. The number of benzene rings is 1. The van der Waals surface area contributed by atoms with Gasteiger partial charge in [-0.1, -0.05) is 24.6 Å². The van der Waals surface area contributed by atoms with E-state index in [2.05, 4.69) is 5.92 Å². The molecule has 0 spiro atoms. The van der Waals surface area contributed by atoms with Gasteiger partial charge in [-0.25, -0.2) is 0 Å². The minimum atomic E-state index is -0.444. The van der Waals surface area contributed by atoms with E-state index < -0.39 is 5.91 Å². The highest BCUT2D eigenvalue weighted by Gasteiger charge is 2.06. The van der Waals surface area contributed by atoms with E-state index in [9.17, 15) is 9.90 Å². The third kappa shape index (κ3) is 5.31. The van der Waals surface area contributed by atoms with Crippen LogP contribution in [0.2, 0.25) is 0 Å². The summed E-state index contributed by atoms with van der Waals surface area (Å²) in [6.45, 7) is 0. The number of primary amides is 1. The number of nitrogens with two attached hydrogens (primary N) is 1. The Balaban J connectivity index is 2.65. The molecule has 0 aliphatic heterocycles. The molecule has 0 aromatic heterocycles. The van der Waals surface area contributed by atoms with Gasteiger partial charge in [0, 0.05) is 17.6 Å². The number of phenols is 1. The maximum absolute atomic E-state index is 11.4. The summed E-state index contributed by atoms with van der Waals surface area (Å²) in [6, 6.07) is 6.86. The van der Waals surface area contributed by atoms with Crippen LogP contribution in [0.25, 0.3) is 6.08 Å². The van der Waals surface area contributed by atoms with Crippen LogP contribution >= 0.6 is 0 Å². The van der Waals surface area contributed by atoms with Crippen molar-refractivity contribution in [2.75, 3.05) is 0 Å². The first-order valence-electron chi connectivity index (χ1n) is 6.37. The van der Waals surface area contributed by atoms with Crippen molar-refractivity contribution in [1.82, 2.24) is 0 Å². The Bertz CT molecular complexity index is 498. The largest absolute Gasteiger partial charge is 0.507 e. The van der Waals surface area contributed by atoms with Crippen LogP contribution in [0, 0.1) is 12.3 Å². The summed E-state index contributed by atoms with van der Waals surface area (Å²) in [5, 5.41) is 9.66. The average Bonchev–Trinajstić information content (AvgIpc) is 2.39. The zero-order valence-electron chi connectivity index (χ0n) is 10.9. The zero-order valence-corrected chi connectivity index (χ0v) is 10.9. The van der Waals surface area contributed by atoms with E-state index in [1.807, 2.05) is 0 Å². The highest BCUT2D eigenvalue weighted by atomic mass is 16.3. The maximum atomic E-state index is 11.4. The van der Waals surface area contributed by atoms with Crippen molar-refractivity contribution in [3.63, 3.8) is 0 Å². The summed E-state index contributed by atoms with van der Waals surface area (Å²) in [7, 11) is 0. The van der Waals surface area contributed by atoms with Crippen LogP contribution in [-0.4, -0.2) is 11.0 Å². The molecular formula is C16H19NO2. The number of rotatable bonds is 7. The highest BCUT2D eigenvalue weighted by Crippen LogP contribution is 2.21. The third-order valence-corrected chi connectivity index (χ3v) is 2.85. The lowest BCUT2D eigenvalue weighted by molar-refractivity contribution is -0.114. The minimum absolute atomic E-state index is 0.147. The Labute approximate surface area is 114 Å². The summed E-state index contributed by atoms with van der Waals surface area (Å²) < 4.78 is 0. The van der Waals surface area contributed by atoms with Crippen molar-refractivity contribution < 1.29 is 9.90 Å². The van der Waals surface area contributed by atoms with Crippen LogP contribution < -0.4 is 5.73 Å². The number of amides is 1. The molecular weight excluding hydrogens is 238 g/mol. The van der Waals surface area contributed by atoms with Crippen LogP contribution in [0.3, 0.4) is 0 Å².